The Kier molecular flexibility index (Phi) is 7.36. The van der Waals surface area contributed by atoms with Gasteiger partial charge in [-0.15, -0.1) is 12.4 Å². The molecule has 5 nitrogen and oxygen atoms in total. The van der Waals surface area contributed by atoms with Crippen molar-refractivity contribution in [2.24, 2.45) is 22.5 Å². The lowest BCUT2D eigenvalue weighted by Crippen LogP contribution is -2.76. The average Bonchev–Trinajstić information content (AvgIpc) is 2.51. The maximum atomic E-state index is 12.8. The molecule has 148 valence electrons. The minimum Gasteiger partial charge on any atom is -0.378 e. The highest BCUT2D eigenvalue weighted by Crippen LogP contribution is 2.49. The van der Waals surface area contributed by atoms with Gasteiger partial charge in [0.2, 0.25) is 5.91 Å². The van der Waals surface area contributed by atoms with Crippen molar-refractivity contribution in [1.29, 1.82) is 0 Å². The van der Waals surface area contributed by atoms with Crippen LogP contribution in [0.4, 0.5) is 0 Å². The van der Waals surface area contributed by atoms with Gasteiger partial charge < -0.3 is 20.5 Å². The van der Waals surface area contributed by atoms with Gasteiger partial charge in [0, 0.05) is 37.5 Å². The Balaban J connectivity index is 0.00000312. The van der Waals surface area contributed by atoms with E-state index >= 15 is 0 Å². The molecule has 0 aromatic carbocycles. The molecule has 0 aromatic heterocycles. The highest BCUT2D eigenvalue weighted by atomic mass is 35.5. The van der Waals surface area contributed by atoms with E-state index in [0.29, 0.717) is 25.5 Å². The van der Waals surface area contributed by atoms with E-state index in [9.17, 15) is 4.79 Å². The lowest BCUT2D eigenvalue weighted by atomic mass is 9.54. The van der Waals surface area contributed by atoms with Gasteiger partial charge in [-0.05, 0) is 25.2 Å². The Hall–Kier alpha value is -0.360. The Morgan fingerprint density at radius 2 is 2.00 bits per heavy atom. The second-order valence-electron chi connectivity index (χ2n) is 9.11. The molecule has 1 aliphatic heterocycles. The standard InChI is InChI=1S/C19H36N2O3.ClH/c1-7-23-14-11-19(20,18(14,5)6)16(22)21-12-13-9-8-10-24-15(13)17(2,3)4;/h13-15H,7-12,20H2,1-6H3,(H,21,22);1H. The van der Waals surface area contributed by atoms with Gasteiger partial charge in [-0.1, -0.05) is 34.6 Å². The van der Waals surface area contributed by atoms with Crippen LogP contribution in [0.3, 0.4) is 0 Å². The Labute approximate surface area is 159 Å². The molecular formula is C19H37ClN2O3. The predicted molar refractivity (Wildman–Crippen MR) is 103 cm³/mol. The molecule has 2 rings (SSSR count). The molecule has 4 unspecified atom stereocenters. The third-order valence-corrected chi connectivity index (χ3v) is 6.06. The van der Waals surface area contributed by atoms with E-state index in [1.807, 2.05) is 20.8 Å². The molecular weight excluding hydrogens is 340 g/mol. The first kappa shape index (κ1) is 22.7. The monoisotopic (exact) mass is 376 g/mol. The summed E-state index contributed by atoms with van der Waals surface area (Å²) in [5.74, 6) is 0.291. The third kappa shape index (κ3) is 4.32. The predicted octanol–water partition coefficient (Wildman–Crippen LogP) is 2.90. The normalized spacial score (nSPS) is 34.6. The van der Waals surface area contributed by atoms with Gasteiger partial charge in [-0.25, -0.2) is 0 Å². The van der Waals surface area contributed by atoms with Crippen LogP contribution in [0.25, 0.3) is 0 Å². The summed E-state index contributed by atoms with van der Waals surface area (Å²) >= 11 is 0. The van der Waals surface area contributed by atoms with Crippen LogP contribution in [0.1, 0.15) is 60.8 Å². The SMILES string of the molecule is CCOC1CC(N)(C(=O)NCC2CCCOC2C(C)(C)C)C1(C)C.Cl. The zero-order valence-corrected chi connectivity index (χ0v) is 17.5. The lowest BCUT2D eigenvalue weighted by molar-refractivity contribution is -0.171. The highest BCUT2D eigenvalue weighted by molar-refractivity contribution is 5.88. The van der Waals surface area contributed by atoms with E-state index < -0.39 is 5.54 Å². The van der Waals surface area contributed by atoms with Crippen LogP contribution in [0, 0.1) is 16.7 Å². The van der Waals surface area contributed by atoms with Gasteiger partial charge >= 0.3 is 0 Å². The summed E-state index contributed by atoms with van der Waals surface area (Å²) < 4.78 is 11.7. The van der Waals surface area contributed by atoms with Gasteiger partial charge in [-0.3, -0.25) is 4.79 Å². The molecule has 0 aromatic rings. The van der Waals surface area contributed by atoms with Crippen molar-refractivity contribution in [3.05, 3.63) is 0 Å². The molecule has 25 heavy (non-hydrogen) atoms. The molecule has 1 saturated heterocycles. The van der Waals surface area contributed by atoms with Crippen molar-refractivity contribution >= 4 is 18.3 Å². The van der Waals surface area contributed by atoms with Crippen LogP contribution in [0.2, 0.25) is 0 Å². The minimum absolute atomic E-state index is 0. The molecule has 1 amide bonds. The molecule has 1 aliphatic carbocycles. The maximum Gasteiger partial charge on any atom is 0.240 e. The number of halogens is 1. The summed E-state index contributed by atoms with van der Waals surface area (Å²) in [6.07, 6.45) is 2.96. The fraction of sp³-hybridized carbons (Fsp3) is 0.947. The van der Waals surface area contributed by atoms with E-state index in [4.69, 9.17) is 15.2 Å². The zero-order chi connectivity index (χ0) is 18.2. The van der Waals surface area contributed by atoms with Crippen LogP contribution in [-0.2, 0) is 14.3 Å². The molecule has 4 atom stereocenters. The van der Waals surface area contributed by atoms with Crippen molar-refractivity contribution in [3.8, 4) is 0 Å². The number of nitrogens with two attached hydrogens (primary N) is 1. The summed E-state index contributed by atoms with van der Waals surface area (Å²) in [6.45, 7) is 14.7. The summed E-state index contributed by atoms with van der Waals surface area (Å²) in [6, 6.07) is 0. The molecule has 2 aliphatic rings. The topological polar surface area (TPSA) is 73.6 Å². The van der Waals surface area contributed by atoms with Crippen LogP contribution < -0.4 is 11.1 Å². The number of ether oxygens (including phenoxy) is 2. The first-order chi connectivity index (χ1) is 11.0. The zero-order valence-electron chi connectivity index (χ0n) is 16.7. The molecule has 3 N–H and O–H groups in total. The highest BCUT2D eigenvalue weighted by Gasteiger charge is 2.62. The lowest BCUT2D eigenvalue weighted by Gasteiger charge is -2.57. The van der Waals surface area contributed by atoms with E-state index in [0.717, 1.165) is 19.4 Å². The van der Waals surface area contributed by atoms with Crippen LogP contribution >= 0.6 is 12.4 Å². The number of carbonyl (C=O) groups excluding carboxylic acids is 1. The van der Waals surface area contributed by atoms with Gasteiger partial charge in [-0.2, -0.15) is 0 Å². The molecule has 1 heterocycles. The van der Waals surface area contributed by atoms with Crippen molar-refractivity contribution in [3.63, 3.8) is 0 Å². The molecule has 0 radical (unpaired) electrons. The smallest absolute Gasteiger partial charge is 0.240 e. The minimum atomic E-state index is -0.848. The number of amides is 1. The molecule has 2 fully saturated rings. The van der Waals surface area contributed by atoms with Gasteiger partial charge in [0.05, 0.1) is 12.2 Å². The largest absolute Gasteiger partial charge is 0.378 e. The van der Waals surface area contributed by atoms with Crippen LogP contribution in [0.15, 0.2) is 0 Å². The maximum absolute atomic E-state index is 12.8. The summed E-state index contributed by atoms with van der Waals surface area (Å²) in [5, 5.41) is 3.12. The Morgan fingerprint density at radius 1 is 1.36 bits per heavy atom. The van der Waals surface area contributed by atoms with Gasteiger partial charge in [0.25, 0.3) is 0 Å². The summed E-state index contributed by atoms with van der Waals surface area (Å²) in [5.41, 5.74) is 5.34. The molecule has 6 heteroatoms. The van der Waals surface area contributed by atoms with Crippen molar-refractivity contribution in [2.45, 2.75) is 78.6 Å². The first-order valence-corrected chi connectivity index (χ1v) is 9.34. The number of hydrogen-bond donors (Lipinski definition) is 2. The number of rotatable bonds is 5. The molecule has 0 spiro atoms. The van der Waals surface area contributed by atoms with Crippen LogP contribution in [-0.4, -0.2) is 43.4 Å². The molecule has 0 bridgehead atoms. The van der Waals surface area contributed by atoms with Crippen molar-refractivity contribution in [2.75, 3.05) is 19.8 Å². The third-order valence-electron chi connectivity index (χ3n) is 6.06. The van der Waals surface area contributed by atoms with Crippen molar-refractivity contribution < 1.29 is 14.3 Å². The van der Waals surface area contributed by atoms with Crippen molar-refractivity contribution in [1.82, 2.24) is 5.32 Å². The van der Waals surface area contributed by atoms with E-state index in [1.165, 1.54) is 0 Å². The Morgan fingerprint density at radius 3 is 2.52 bits per heavy atom. The average molecular weight is 377 g/mol. The van der Waals surface area contributed by atoms with Gasteiger partial charge in [0.15, 0.2) is 0 Å². The second-order valence-corrected chi connectivity index (χ2v) is 9.11. The number of carbonyl (C=O) groups is 1. The fourth-order valence-electron chi connectivity index (χ4n) is 4.21. The fourth-order valence-corrected chi connectivity index (χ4v) is 4.21. The number of nitrogens with one attached hydrogen (secondary N) is 1. The molecule has 1 saturated carbocycles. The van der Waals surface area contributed by atoms with E-state index in [-0.39, 0.29) is 41.4 Å². The van der Waals surface area contributed by atoms with Gasteiger partial charge in [0.1, 0.15) is 5.54 Å². The second kappa shape index (κ2) is 8.12. The first-order valence-electron chi connectivity index (χ1n) is 9.34. The quantitative estimate of drug-likeness (QED) is 0.773. The summed E-state index contributed by atoms with van der Waals surface area (Å²) in [7, 11) is 0. The number of hydrogen-bond acceptors (Lipinski definition) is 4. The van der Waals surface area contributed by atoms with E-state index in [1.54, 1.807) is 0 Å². The van der Waals surface area contributed by atoms with E-state index in [2.05, 4.69) is 26.1 Å². The van der Waals surface area contributed by atoms with Crippen LogP contribution in [0.5, 0.6) is 0 Å². The summed E-state index contributed by atoms with van der Waals surface area (Å²) in [4.78, 5) is 12.8. The Bertz CT molecular complexity index is 464.